The molecule has 0 saturated carbocycles. The molecule has 2 aromatic rings. The Morgan fingerprint density at radius 2 is 1.48 bits per heavy atom. The van der Waals surface area contributed by atoms with E-state index in [4.69, 9.17) is 37.4 Å². The highest BCUT2D eigenvalue weighted by Crippen LogP contribution is 2.24. The molecule has 6 nitrogen and oxygen atoms in total. The summed E-state index contributed by atoms with van der Waals surface area (Å²) in [4.78, 5) is 24.0. The van der Waals surface area contributed by atoms with Crippen molar-refractivity contribution >= 4 is 40.8 Å². The Morgan fingerprint density at radius 1 is 0.920 bits per heavy atom. The van der Waals surface area contributed by atoms with Gasteiger partial charge < -0.3 is 19.5 Å². The van der Waals surface area contributed by atoms with Gasteiger partial charge in [-0.3, -0.25) is 4.79 Å². The molecule has 0 aliphatic rings. The van der Waals surface area contributed by atoms with Gasteiger partial charge >= 0.3 is 5.97 Å². The number of hydrogen-bond donors (Lipinski definition) is 1. The molecule has 0 saturated heterocycles. The van der Waals surface area contributed by atoms with Gasteiger partial charge in [-0.15, -0.1) is 0 Å². The molecular weight excluding hydrogens is 369 g/mol. The summed E-state index contributed by atoms with van der Waals surface area (Å²) in [6.07, 6.45) is 0. The number of ether oxygens (including phenoxy) is 3. The molecule has 0 aliphatic heterocycles. The van der Waals surface area contributed by atoms with Gasteiger partial charge in [-0.05, 0) is 30.3 Å². The predicted molar refractivity (Wildman–Crippen MR) is 94.9 cm³/mol. The van der Waals surface area contributed by atoms with Gasteiger partial charge in [0.05, 0.1) is 19.8 Å². The second kappa shape index (κ2) is 8.60. The summed E-state index contributed by atoms with van der Waals surface area (Å²) >= 11 is 11.7. The number of amides is 1. The molecule has 8 heteroatoms. The van der Waals surface area contributed by atoms with Gasteiger partial charge in [-0.1, -0.05) is 23.2 Å². The summed E-state index contributed by atoms with van der Waals surface area (Å²) in [6, 6.07) is 9.18. The first-order chi connectivity index (χ1) is 11.9. The molecule has 0 unspecified atom stereocenters. The van der Waals surface area contributed by atoms with Gasteiger partial charge in [0.2, 0.25) is 0 Å². The van der Waals surface area contributed by atoms with E-state index in [-0.39, 0.29) is 5.56 Å². The minimum absolute atomic E-state index is 0.204. The van der Waals surface area contributed by atoms with E-state index in [0.29, 0.717) is 27.2 Å². The van der Waals surface area contributed by atoms with E-state index >= 15 is 0 Å². The van der Waals surface area contributed by atoms with Gasteiger partial charge in [0.15, 0.2) is 6.61 Å². The van der Waals surface area contributed by atoms with Crippen LogP contribution in [0.4, 0.5) is 5.69 Å². The highest BCUT2D eigenvalue weighted by molar-refractivity contribution is 6.35. The Morgan fingerprint density at radius 3 is 2.00 bits per heavy atom. The van der Waals surface area contributed by atoms with Gasteiger partial charge in [0.1, 0.15) is 11.5 Å². The van der Waals surface area contributed by atoms with Crippen LogP contribution < -0.4 is 14.8 Å². The number of carbonyl (C=O) groups excluding carboxylic acids is 2. The largest absolute Gasteiger partial charge is 0.497 e. The van der Waals surface area contributed by atoms with Crippen molar-refractivity contribution in [1.29, 1.82) is 0 Å². The second-order valence-electron chi connectivity index (χ2n) is 4.88. The van der Waals surface area contributed by atoms with Crippen LogP contribution >= 0.6 is 23.2 Å². The molecule has 0 radical (unpaired) electrons. The zero-order valence-electron chi connectivity index (χ0n) is 13.5. The van der Waals surface area contributed by atoms with Crippen molar-refractivity contribution in [1.82, 2.24) is 0 Å². The molecule has 1 N–H and O–H groups in total. The van der Waals surface area contributed by atoms with Crippen molar-refractivity contribution in [3.8, 4) is 11.5 Å². The molecule has 2 aromatic carbocycles. The zero-order chi connectivity index (χ0) is 18.4. The molecule has 0 spiro atoms. The number of hydrogen-bond acceptors (Lipinski definition) is 5. The summed E-state index contributed by atoms with van der Waals surface area (Å²) in [5.41, 5.74) is 0.608. The van der Waals surface area contributed by atoms with E-state index in [1.807, 2.05) is 0 Å². The molecule has 0 aliphatic carbocycles. The normalized spacial score (nSPS) is 10.1. The SMILES string of the molecule is COc1cc(OC)cc(C(=O)OCC(=O)Nc2cc(Cl)cc(Cl)c2)c1. The summed E-state index contributed by atoms with van der Waals surface area (Å²) < 4.78 is 15.2. The molecule has 2 rings (SSSR count). The third kappa shape index (κ3) is 5.55. The quantitative estimate of drug-likeness (QED) is 0.767. The number of carbonyl (C=O) groups is 2. The Balaban J connectivity index is 1.98. The maximum absolute atomic E-state index is 12.1. The lowest BCUT2D eigenvalue weighted by Crippen LogP contribution is -2.21. The van der Waals surface area contributed by atoms with Crippen molar-refractivity contribution in [3.05, 3.63) is 52.0 Å². The highest BCUT2D eigenvalue weighted by Gasteiger charge is 2.13. The molecule has 25 heavy (non-hydrogen) atoms. The minimum atomic E-state index is -0.684. The fourth-order valence-electron chi connectivity index (χ4n) is 1.96. The van der Waals surface area contributed by atoms with Crippen molar-refractivity contribution in [2.24, 2.45) is 0 Å². The van der Waals surface area contributed by atoms with Crippen molar-refractivity contribution < 1.29 is 23.8 Å². The molecule has 0 fully saturated rings. The lowest BCUT2D eigenvalue weighted by Gasteiger charge is -2.09. The van der Waals surface area contributed by atoms with E-state index in [2.05, 4.69) is 5.32 Å². The van der Waals surface area contributed by atoms with Crippen LogP contribution in [0.3, 0.4) is 0 Å². The van der Waals surface area contributed by atoms with Crippen LogP contribution in [-0.4, -0.2) is 32.7 Å². The first-order valence-electron chi connectivity index (χ1n) is 7.07. The van der Waals surface area contributed by atoms with Gasteiger partial charge in [-0.25, -0.2) is 4.79 Å². The molecule has 0 heterocycles. The van der Waals surface area contributed by atoms with E-state index in [1.54, 1.807) is 6.07 Å². The Hall–Kier alpha value is -2.44. The third-order valence-corrected chi connectivity index (χ3v) is 3.50. The maximum Gasteiger partial charge on any atom is 0.338 e. The number of methoxy groups -OCH3 is 2. The minimum Gasteiger partial charge on any atom is -0.497 e. The summed E-state index contributed by atoms with van der Waals surface area (Å²) in [7, 11) is 2.93. The van der Waals surface area contributed by atoms with Gasteiger partial charge in [0.25, 0.3) is 5.91 Å². The lowest BCUT2D eigenvalue weighted by molar-refractivity contribution is -0.119. The number of rotatable bonds is 6. The van der Waals surface area contributed by atoms with Gasteiger partial charge in [-0.2, -0.15) is 0 Å². The molecule has 0 atom stereocenters. The Bertz CT molecular complexity index is 752. The molecule has 0 bridgehead atoms. The highest BCUT2D eigenvalue weighted by atomic mass is 35.5. The third-order valence-electron chi connectivity index (χ3n) is 3.07. The predicted octanol–water partition coefficient (Wildman–Crippen LogP) is 3.81. The van der Waals surface area contributed by atoms with Crippen LogP contribution in [0.5, 0.6) is 11.5 Å². The fourth-order valence-corrected chi connectivity index (χ4v) is 2.49. The standard InChI is InChI=1S/C17H15Cl2NO5/c1-23-14-3-10(4-15(8-14)24-2)17(22)25-9-16(21)20-13-6-11(18)5-12(19)7-13/h3-8H,9H2,1-2H3,(H,20,21). The number of benzene rings is 2. The van der Waals surface area contributed by atoms with Crippen LogP contribution in [-0.2, 0) is 9.53 Å². The number of esters is 1. The zero-order valence-corrected chi connectivity index (χ0v) is 15.0. The molecule has 1 amide bonds. The maximum atomic E-state index is 12.1. The van der Waals surface area contributed by atoms with E-state index in [0.717, 1.165) is 0 Å². The van der Waals surface area contributed by atoms with E-state index in [1.165, 1.54) is 44.6 Å². The van der Waals surface area contributed by atoms with Crippen molar-refractivity contribution in [2.45, 2.75) is 0 Å². The van der Waals surface area contributed by atoms with Gasteiger partial charge in [0, 0.05) is 21.8 Å². The second-order valence-corrected chi connectivity index (χ2v) is 5.76. The van der Waals surface area contributed by atoms with Crippen LogP contribution in [0, 0.1) is 0 Å². The first-order valence-corrected chi connectivity index (χ1v) is 7.83. The first kappa shape index (κ1) is 18.9. The van der Waals surface area contributed by atoms with Crippen molar-refractivity contribution in [2.75, 3.05) is 26.1 Å². The lowest BCUT2D eigenvalue weighted by atomic mass is 10.2. The number of halogens is 2. The number of nitrogens with one attached hydrogen (secondary N) is 1. The Labute approximate surface area is 154 Å². The van der Waals surface area contributed by atoms with E-state index < -0.39 is 18.5 Å². The van der Waals surface area contributed by atoms with E-state index in [9.17, 15) is 9.59 Å². The smallest absolute Gasteiger partial charge is 0.338 e. The average Bonchev–Trinajstić information content (AvgIpc) is 2.58. The summed E-state index contributed by atoms with van der Waals surface area (Å²) in [5.74, 6) is -0.341. The van der Waals surface area contributed by atoms with Crippen LogP contribution in [0.15, 0.2) is 36.4 Å². The Kier molecular flexibility index (Phi) is 6.50. The monoisotopic (exact) mass is 383 g/mol. The van der Waals surface area contributed by atoms with Crippen LogP contribution in [0.2, 0.25) is 10.0 Å². The number of anilines is 1. The van der Waals surface area contributed by atoms with Crippen LogP contribution in [0.25, 0.3) is 0 Å². The van der Waals surface area contributed by atoms with Crippen LogP contribution in [0.1, 0.15) is 10.4 Å². The van der Waals surface area contributed by atoms with Crippen molar-refractivity contribution in [3.63, 3.8) is 0 Å². The molecule has 0 aromatic heterocycles. The summed E-state index contributed by atoms with van der Waals surface area (Å²) in [5, 5.41) is 3.30. The topological polar surface area (TPSA) is 73.9 Å². The fraction of sp³-hybridized carbons (Fsp3) is 0.176. The average molecular weight is 384 g/mol. The molecular formula is C17H15Cl2NO5. The summed E-state index contributed by atoms with van der Waals surface area (Å²) in [6.45, 7) is -0.470. The molecule has 132 valence electrons.